The van der Waals surface area contributed by atoms with Gasteiger partial charge in [-0.15, -0.1) is 0 Å². The molecule has 70 valence electrons. The van der Waals surface area contributed by atoms with Crippen LogP contribution in [0.4, 0.5) is 0 Å². The minimum absolute atomic E-state index is 0.487. The zero-order valence-corrected chi connectivity index (χ0v) is 8.16. The van der Waals surface area contributed by atoms with E-state index in [1.807, 2.05) is 0 Å². The summed E-state index contributed by atoms with van der Waals surface area (Å²) in [6, 6.07) is 0.487. The van der Waals surface area contributed by atoms with Crippen LogP contribution in [0.2, 0.25) is 0 Å². The molecule has 0 aromatic carbocycles. The van der Waals surface area contributed by atoms with E-state index in [-0.39, 0.29) is 0 Å². The highest BCUT2D eigenvalue weighted by Gasteiger charge is 2.17. The van der Waals surface area contributed by atoms with Gasteiger partial charge in [-0.2, -0.15) is 0 Å². The average Bonchev–Trinajstić information content (AvgIpc) is 2.04. The maximum absolute atomic E-state index is 5.68. The second kappa shape index (κ2) is 4.63. The molecule has 2 nitrogen and oxygen atoms in total. The molecule has 1 rings (SSSR count). The van der Waals surface area contributed by atoms with Crippen LogP contribution < -0.4 is 5.73 Å². The fourth-order valence-corrected chi connectivity index (χ4v) is 1.70. The molecular formula is C10H20N2. The summed E-state index contributed by atoms with van der Waals surface area (Å²) in [5, 5.41) is 0. The standard InChI is InChI=1S/C10H20N2/c1-9(2)8-12-6-4-3-5-10(12)7-11/h3,5,9-10H,4,6-8,11H2,1-2H3. The summed E-state index contributed by atoms with van der Waals surface area (Å²) in [7, 11) is 0. The SMILES string of the molecule is CC(C)CN1CCC=CC1CN. The molecular weight excluding hydrogens is 148 g/mol. The van der Waals surface area contributed by atoms with E-state index in [0.29, 0.717) is 6.04 Å². The van der Waals surface area contributed by atoms with Crippen LogP contribution in [-0.2, 0) is 0 Å². The Bertz CT molecular complexity index is 152. The molecule has 1 unspecified atom stereocenters. The van der Waals surface area contributed by atoms with Gasteiger partial charge in [0.25, 0.3) is 0 Å². The molecule has 2 heteroatoms. The minimum atomic E-state index is 0.487. The zero-order chi connectivity index (χ0) is 8.97. The van der Waals surface area contributed by atoms with Crippen LogP contribution in [0.5, 0.6) is 0 Å². The quantitative estimate of drug-likeness (QED) is 0.642. The number of rotatable bonds is 3. The third kappa shape index (κ3) is 2.61. The molecule has 0 saturated heterocycles. The van der Waals surface area contributed by atoms with E-state index in [1.54, 1.807) is 0 Å². The Hall–Kier alpha value is -0.340. The molecule has 1 aliphatic heterocycles. The molecule has 1 atom stereocenters. The van der Waals surface area contributed by atoms with Gasteiger partial charge < -0.3 is 5.73 Å². The number of nitrogens with two attached hydrogens (primary N) is 1. The first-order valence-electron chi connectivity index (χ1n) is 4.85. The molecule has 0 bridgehead atoms. The third-order valence-electron chi connectivity index (χ3n) is 2.25. The first kappa shape index (κ1) is 9.75. The fraction of sp³-hybridized carbons (Fsp3) is 0.800. The molecule has 0 aromatic rings. The van der Waals surface area contributed by atoms with Crippen molar-refractivity contribution in [3.05, 3.63) is 12.2 Å². The number of hydrogen-bond donors (Lipinski definition) is 1. The molecule has 0 aromatic heterocycles. The second-order valence-corrected chi connectivity index (χ2v) is 3.91. The summed E-state index contributed by atoms with van der Waals surface area (Å²) in [6.07, 6.45) is 5.67. The van der Waals surface area contributed by atoms with E-state index in [0.717, 1.165) is 12.5 Å². The maximum Gasteiger partial charge on any atom is 0.0401 e. The van der Waals surface area contributed by atoms with Crippen LogP contribution in [0.15, 0.2) is 12.2 Å². The largest absolute Gasteiger partial charge is 0.329 e. The van der Waals surface area contributed by atoms with Crippen molar-refractivity contribution < 1.29 is 0 Å². The van der Waals surface area contributed by atoms with Gasteiger partial charge in [0, 0.05) is 25.7 Å². The van der Waals surface area contributed by atoms with Crippen molar-refractivity contribution in [2.75, 3.05) is 19.6 Å². The summed E-state index contributed by atoms with van der Waals surface area (Å²) in [5.74, 6) is 0.741. The summed E-state index contributed by atoms with van der Waals surface area (Å²) in [5.41, 5.74) is 5.68. The van der Waals surface area contributed by atoms with Crippen molar-refractivity contribution in [1.82, 2.24) is 4.90 Å². The second-order valence-electron chi connectivity index (χ2n) is 3.91. The molecule has 0 radical (unpaired) electrons. The van der Waals surface area contributed by atoms with Gasteiger partial charge in [0.15, 0.2) is 0 Å². The van der Waals surface area contributed by atoms with Gasteiger partial charge in [-0.25, -0.2) is 0 Å². The van der Waals surface area contributed by atoms with E-state index in [1.165, 1.54) is 19.5 Å². The summed E-state index contributed by atoms with van der Waals surface area (Å²) in [6.45, 7) is 7.61. The van der Waals surface area contributed by atoms with Gasteiger partial charge in [0.1, 0.15) is 0 Å². The Labute approximate surface area is 75.4 Å². The molecule has 0 spiro atoms. The van der Waals surface area contributed by atoms with Crippen LogP contribution in [0.3, 0.4) is 0 Å². The Morgan fingerprint density at radius 2 is 2.33 bits per heavy atom. The molecule has 0 fully saturated rings. The molecule has 12 heavy (non-hydrogen) atoms. The Kier molecular flexibility index (Phi) is 3.76. The van der Waals surface area contributed by atoms with Gasteiger partial charge in [-0.05, 0) is 12.3 Å². The summed E-state index contributed by atoms with van der Waals surface area (Å²) < 4.78 is 0. The molecule has 0 aliphatic carbocycles. The molecule has 1 heterocycles. The lowest BCUT2D eigenvalue weighted by Gasteiger charge is -2.32. The first-order valence-corrected chi connectivity index (χ1v) is 4.85. The van der Waals surface area contributed by atoms with Crippen molar-refractivity contribution in [3.63, 3.8) is 0 Å². The predicted octanol–water partition coefficient (Wildman–Crippen LogP) is 1.23. The monoisotopic (exact) mass is 168 g/mol. The highest BCUT2D eigenvalue weighted by atomic mass is 15.2. The lowest BCUT2D eigenvalue weighted by atomic mass is 10.1. The van der Waals surface area contributed by atoms with Crippen molar-refractivity contribution in [3.8, 4) is 0 Å². The summed E-state index contributed by atoms with van der Waals surface area (Å²) in [4.78, 5) is 2.48. The predicted molar refractivity (Wildman–Crippen MR) is 53.0 cm³/mol. The van der Waals surface area contributed by atoms with Gasteiger partial charge in [0.05, 0.1) is 0 Å². The molecule has 2 N–H and O–H groups in total. The van der Waals surface area contributed by atoms with Crippen LogP contribution in [0.25, 0.3) is 0 Å². The van der Waals surface area contributed by atoms with E-state index in [9.17, 15) is 0 Å². The molecule has 0 amide bonds. The lowest BCUT2D eigenvalue weighted by Crippen LogP contribution is -2.43. The van der Waals surface area contributed by atoms with Crippen molar-refractivity contribution >= 4 is 0 Å². The van der Waals surface area contributed by atoms with Gasteiger partial charge >= 0.3 is 0 Å². The number of nitrogens with zero attached hydrogens (tertiary/aromatic N) is 1. The van der Waals surface area contributed by atoms with Crippen molar-refractivity contribution in [2.24, 2.45) is 11.7 Å². The highest BCUT2D eigenvalue weighted by molar-refractivity contribution is 5.00. The summed E-state index contributed by atoms with van der Waals surface area (Å²) >= 11 is 0. The number of hydrogen-bond acceptors (Lipinski definition) is 2. The maximum atomic E-state index is 5.68. The van der Waals surface area contributed by atoms with E-state index in [2.05, 4.69) is 30.9 Å². The van der Waals surface area contributed by atoms with Gasteiger partial charge in [-0.1, -0.05) is 26.0 Å². The van der Waals surface area contributed by atoms with Crippen molar-refractivity contribution in [1.29, 1.82) is 0 Å². The molecule has 0 saturated carbocycles. The smallest absolute Gasteiger partial charge is 0.0401 e. The normalized spacial score (nSPS) is 25.2. The van der Waals surface area contributed by atoms with Crippen LogP contribution in [0.1, 0.15) is 20.3 Å². The average molecular weight is 168 g/mol. The van der Waals surface area contributed by atoms with Gasteiger partial charge in [0.2, 0.25) is 0 Å². The fourth-order valence-electron chi connectivity index (χ4n) is 1.70. The van der Waals surface area contributed by atoms with E-state index >= 15 is 0 Å². The van der Waals surface area contributed by atoms with Gasteiger partial charge in [-0.3, -0.25) is 4.90 Å². The molecule has 1 aliphatic rings. The Balaban J connectivity index is 2.45. The minimum Gasteiger partial charge on any atom is -0.329 e. The van der Waals surface area contributed by atoms with E-state index in [4.69, 9.17) is 5.73 Å². The van der Waals surface area contributed by atoms with Crippen LogP contribution in [-0.4, -0.2) is 30.6 Å². The highest BCUT2D eigenvalue weighted by Crippen LogP contribution is 2.11. The van der Waals surface area contributed by atoms with Crippen molar-refractivity contribution in [2.45, 2.75) is 26.3 Å². The van der Waals surface area contributed by atoms with Crippen LogP contribution >= 0.6 is 0 Å². The third-order valence-corrected chi connectivity index (χ3v) is 2.25. The van der Waals surface area contributed by atoms with E-state index < -0.39 is 0 Å². The van der Waals surface area contributed by atoms with Crippen LogP contribution in [0, 0.1) is 5.92 Å². The Morgan fingerprint density at radius 3 is 2.92 bits per heavy atom. The lowest BCUT2D eigenvalue weighted by molar-refractivity contribution is 0.203. The Morgan fingerprint density at radius 1 is 1.58 bits per heavy atom. The first-order chi connectivity index (χ1) is 5.74. The topological polar surface area (TPSA) is 29.3 Å². The zero-order valence-electron chi connectivity index (χ0n) is 8.16.